The predicted molar refractivity (Wildman–Crippen MR) is 70.9 cm³/mol. The fourth-order valence-corrected chi connectivity index (χ4v) is 4.43. The Labute approximate surface area is 104 Å². The van der Waals surface area contributed by atoms with E-state index in [0.29, 0.717) is 30.0 Å². The van der Waals surface area contributed by atoms with Crippen LogP contribution in [-0.2, 0) is 0 Å². The summed E-state index contributed by atoms with van der Waals surface area (Å²) in [6.07, 6.45) is 5.03. The van der Waals surface area contributed by atoms with Gasteiger partial charge in [0.05, 0.1) is 0 Å². The van der Waals surface area contributed by atoms with E-state index in [1.165, 1.54) is 37.2 Å². The van der Waals surface area contributed by atoms with Crippen LogP contribution in [0.4, 0.5) is 0 Å². The topological polar surface area (TPSA) is 32.3 Å². The van der Waals surface area contributed by atoms with Crippen molar-refractivity contribution in [3.05, 3.63) is 0 Å². The Balaban J connectivity index is 1.84. The first-order valence-electron chi connectivity index (χ1n) is 6.55. The van der Waals surface area contributed by atoms with Crippen LogP contribution >= 0.6 is 11.8 Å². The van der Waals surface area contributed by atoms with Crippen LogP contribution in [-0.4, -0.2) is 35.3 Å². The highest BCUT2D eigenvalue weighted by atomic mass is 32.2. The lowest BCUT2D eigenvalue weighted by Gasteiger charge is -2.37. The first kappa shape index (κ1) is 12.7. The molecule has 0 amide bonds. The fraction of sp³-hybridized carbons (Fsp3) is 1.00. The molecule has 1 heterocycles. The second-order valence-electron chi connectivity index (χ2n) is 6.23. The summed E-state index contributed by atoms with van der Waals surface area (Å²) in [5.41, 5.74) is 0.480. The van der Waals surface area contributed by atoms with Crippen LogP contribution < -0.4 is 5.32 Å². The number of hydrogen-bond donors (Lipinski definition) is 2. The third-order valence-electron chi connectivity index (χ3n) is 3.95. The summed E-state index contributed by atoms with van der Waals surface area (Å²) >= 11 is 2.08. The Kier molecular flexibility index (Phi) is 4.20. The summed E-state index contributed by atoms with van der Waals surface area (Å²) in [4.78, 5) is 0. The molecule has 2 N–H and O–H groups in total. The van der Waals surface area contributed by atoms with Gasteiger partial charge in [0, 0.05) is 24.4 Å². The molecule has 16 heavy (non-hydrogen) atoms. The zero-order valence-electron chi connectivity index (χ0n) is 10.5. The van der Waals surface area contributed by atoms with Crippen molar-refractivity contribution in [2.75, 3.05) is 18.1 Å². The standard InChI is InChI=1S/C13H25NOS/c1-13(2)6-11(8-16-9-13)14-12-5-3-4-10(12)7-15/h10-12,14-15H,3-9H2,1-2H3. The van der Waals surface area contributed by atoms with Gasteiger partial charge in [0.25, 0.3) is 0 Å². The minimum absolute atomic E-state index is 0.362. The molecule has 0 aromatic carbocycles. The molecule has 2 aliphatic rings. The molecular weight excluding hydrogens is 218 g/mol. The van der Waals surface area contributed by atoms with E-state index in [1.807, 2.05) is 0 Å². The number of nitrogens with one attached hydrogen (secondary N) is 1. The molecule has 3 unspecified atom stereocenters. The first-order valence-corrected chi connectivity index (χ1v) is 7.71. The van der Waals surface area contributed by atoms with Crippen LogP contribution in [0, 0.1) is 11.3 Å². The molecule has 1 aliphatic carbocycles. The molecule has 1 saturated heterocycles. The maximum Gasteiger partial charge on any atom is 0.0474 e. The van der Waals surface area contributed by atoms with Gasteiger partial charge in [0.15, 0.2) is 0 Å². The van der Waals surface area contributed by atoms with Crippen LogP contribution in [0.2, 0.25) is 0 Å². The van der Waals surface area contributed by atoms with Gasteiger partial charge in [0.2, 0.25) is 0 Å². The van der Waals surface area contributed by atoms with Gasteiger partial charge < -0.3 is 10.4 Å². The molecule has 1 saturated carbocycles. The van der Waals surface area contributed by atoms with Crippen molar-refractivity contribution >= 4 is 11.8 Å². The van der Waals surface area contributed by atoms with Gasteiger partial charge in [-0.1, -0.05) is 20.3 Å². The Hall–Kier alpha value is 0.270. The zero-order chi connectivity index (χ0) is 11.6. The molecule has 0 bridgehead atoms. The van der Waals surface area contributed by atoms with E-state index < -0.39 is 0 Å². The quantitative estimate of drug-likeness (QED) is 0.797. The number of aliphatic hydroxyl groups excluding tert-OH is 1. The van der Waals surface area contributed by atoms with Gasteiger partial charge in [-0.2, -0.15) is 11.8 Å². The van der Waals surface area contributed by atoms with Crippen molar-refractivity contribution in [1.82, 2.24) is 5.32 Å². The predicted octanol–water partition coefficient (Wildman–Crippen LogP) is 2.27. The lowest BCUT2D eigenvalue weighted by atomic mass is 9.87. The van der Waals surface area contributed by atoms with E-state index in [4.69, 9.17) is 0 Å². The third-order valence-corrected chi connectivity index (χ3v) is 5.58. The van der Waals surface area contributed by atoms with E-state index in [-0.39, 0.29) is 0 Å². The van der Waals surface area contributed by atoms with E-state index in [0.717, 1.165) is 0 Å². The Morgan fingerprint density at radius 2 is 2.19 bits per heavy atom. The van der Waals surface area contributed by atoms with Crippen molar-refractivity contribution < 1.29 is 5.11 Å². The normalized spacial score (nSPS) is 38.8. The summed E-state index contributed by atoms with van der Waals surface area (Å²) in [6, 6.07) is 1.23. The number of hydrogen-bond acceptors (Lipinski definition) is 3. The Morgan fingerprint density at radius 1 is 1.38 bits per heavy atom. The van der Waals surface area contributed by atoms with E-state index >= 15 is 0 Å². The lowest BCUT2D eigenvalue weighted by molar-refractivity contribution is 0.193. The molecule has 3 atom stereocenters. The summed E-state index contributed by atoms with van der Waals surface area (Å²) in [6.45, 7) is 5.10. The maximum atomic E-state index is 9.32. The monoisotopic (exact) mass is 243 g/mol. The molecule has 0 aromatic rings. The van der Waals surface area contributed by atoms with E-state index in [1.54, 1.807) is 0 Å². The molecule has 0 spiro atoms. The van der Waals surface area contributed by atoms with Crippen LogP contribution in [0.5, 0.6) is 0 Å². The summed E-state index contributed by atoms with van der Waals surface area (Å²) in [5, 5.41) is 13.1. The second kappa shape index (κ2) is 5.28. The maximum absolute atomic E-state index is 9.32. The largest absolute Gasteiger partial charge is 0.396 e. The summed E-state index contributed by atoms with van der Waals surface area (Å²) < 4.78 is 0. The minimum Gasteiger partial charge on any atom is -0.396 e. The zero-order valence-corrected chi connectivity index (χ0v) is 11.4. The molecular formula is C13H25NOS. The number of rotatable bonds is 3. The molecule has 2 nitrogen and oxygen atoms in total. The number of aliphatic hydroxyl groups is 1. The molecule has 2 rings (SSSR count). The van der Waals surface area contributed by atoms with Crippen LogP contribution in [0.1, 0.15) is 39.5 Å². The third kappa shape index (κ3) is 3.14. The minimum atomic E-state index is 0.362. The smallest absolute Gasteiger partial charge is 0.0474 e. The first-order chi connectivity index (χ1) is 7.61. The van der Waals surface area contributed by atoms with Gasteiger partial charge in [-0.3, -0.25) is 0 Å². The summed E-state index contributed by atoms with van der Waals surface area (Å²) in [5.74, 6) is 3.05. The average molecular weight is 243 g/mol. The molecule has 0 radical (unpaired) electrons. The van der Waals surface area contributed by atoms with Crippen LogP contribution in [0.25, 0.3) is 0 Å². The van der Waals surface area contributed by atoms with E-state index in [2.05, 4.69) is 30.9 Å². The van der Waals surface area contributed by atoms with Crippen molar-refractivity contribution in [1.29, 1.82) is 0 Å². The molecule has 3 heteroatoms. The van der Waals surface area contributed by atoms with Gasteiger partial charge in [-0.25, -0.2) is 0 Å². The molecule has 94 valence electrons. The van der Waals surface area contributed by atoms with Crippen molar-refractivity contribution in [3.8, 4) is 0 Å². The van der Waals surface area contributed by atoms with Gasteiger partial charge >= 0.3 is 0 Å². The lowest BCUT2D eigenvalue weighted by Crippen LogP contribution is -2.47. The average Bonchev–Trinajstić information content (AvgIpc) is 2.63. The second-order valence-corrected chi connectivity index (χ2v) is 7.26. The molecule has 1 aliphatic heterocycles. The Morgan fingerprint density at radius 3 is 2.88 bits per heavy atom. The van der Waals surface area contributed by atoms with Crippen LogP contribution in [0.3, 0.4) is 0 Å². The van der Waals surface area contributed by atoms with E-state index in [9.17, 15) is 5.11 Å². The SMILES string of the molecule is CC1(C)CSCC(NC2CCCC2CO)C1. The molecule has 2 fully saturated rings. The fourth-order valence-electron chi connectivity index (χ4n) is 3.15. The number of thioether (sulfide) groups is 1. The van der Waals surface area contributed by atoms with Gasteiger partial charge in [-0.15, -0.1) is 0 Å². The Bertz CT molecular complexity index is 232. The highest BCUT2D eigenvalue weighted by molar-refractivity contribution is 7.99. The highest BCUT2D eigenvalue weighted by Gasteiger charge is 2.33. The summed E-state index contributed by atoms with van der Waals surface area (Å²) in [7, 11) is 0. The highest BCUT2D eigenvalue weighted by Crippen LogP contribution is 2.35. The van der Waals surface area contributed by atoms with Crippen molar-refractivity contribution in [3.63, 3.8) is 0 Å². The van der Waals surface area contributed by atoms with Crippen molar-refractivity contribution in [2.45, 2.75) is 51.6 Å². The van der Waals surface area contributed by atoms with Gasteiger partial charge in [0.1, 0.15) is 0 Å². The van der Waals surface area contributed by atoms with Gasteiger partial charge in [-0.05, 0) is 36.3 Å². The van der Waals surface area contributed by atoms with Crippen molar-refractivity contribution in [2.24, 2.45) is 11.3 Å². The van der Waals surface area contributed by atoms with Crippen LogP contribution in [0.15, 0.2) is 0 Å². The molecule has 0 aromatic heterocycles.